The third-order valence-corrected chi connectivity index (χ3v) is 13.7. The Morgan fingerprint density at radius 2 is 0.500 bits per heavy atom. The summed E-state index contributed by atoms with van der Waals surface area (Å²) in [5.41, 5.74) is 0. The Bertz CT molecular complexity index is 1290. The number of rotatable bonds is 57. The van der Waals surface area contributed by atoms with Gasteiger partial charge in [0.25, 0.3) is 0 Å². The first-order valence-electron chi connectivity index (χ1n) is 31.3. The fourth-order valence-electron chi connectivity index (χ4n) is 8.97. The van der Waals surface area contributed by atoms with Crippen molar-refractivity contribution in [1.82, 2.24) is 0 Å². The van der Waals surface area contributed by atoms with E-state index < -0.39 is 6.10 Å². The van der Waals surface area contributed by atoms with Crippen molar-refractivity contribution < 1.29 is 28.6 Å². The molecule has 0 heterocycles. The van der Waals surface area contributed by atoms with Gasteiger partial charge in [-0.25, -0.2) is 0 Å². The standard InChI is InChI=1S/C66H118O6/c1-4-7-10-13-16-19-22-25-27-29-30-31-32-33-34-35-36-38-39-41-44-47-50-53-56-59-65(68)71-62-63(61-70-64(67)58-55-52-49-46-43-24-21-18-15-12-9-6-3)72-66(69)60-57-54-51-48-45-42-40-37-28-26-23-20-17-14-11-8-5-2/h18,21-22,25-26,28-30,32-33,63H,4-17,19-20,23-24,27,31,34-62H2,1-3H3/b21-18-,25-22-,28-26-,30-29-,33-32-. The second-order valence-corrected chi connectivity index (χ2v) is 21.0. The lowest BCUT2D eigenvalue weighted by atomic mass is 10.1. The normalized spacial score (nSPS) is 12.4. The number of hydrogen-bond acceptors (Lipinski definition) is 6. The van der Waals surface area contributed by atoms with Gasteiger partial charge < -0.3 is 14.2 Å². The SMILES string of the molecule is CCCCC/C=C\CCCCCCCC(=O)OCC(COC(=O)CCCCCCCCCCCC/C=C\C/C=C\C/C=C\CCCCCCC)OC(=O)CCCCCCCCC/C=C\CCCCCCCC. The highest BCUT2D eigenvalue weighted by molar-refractivity contribution is 5.71. The molecule has 0 rings (SSSR count). The zero-order valence-electron chi connectivity index (χ0n) is 47.9. The van der Waals surface area contributed by atoms with Crippen LogP contribution in [0.2, 0.25) is 0 Å². The van der Waals surface area contributed by atoms with Crippen LogP contribution in [-0.2, 0) is 28.6 Å². The number of ether oxygens (including phenoxy) is 3. The number of esters is 3. The average molecular weight is 1010 g/mol. The molecule has 0 aliphatic rings. The predicted molar refractivity (Wildman–Crippen MR) is 312 cm³/mol. The maximum atomic E-state index is 12.9. The molecule has 0 spiro atoms. The predicted octanol–water partition coefficient (Wildman–Crippen LogP) is 21.2. The monoisotopic (exact) mass is 1010 g/mol. The Balaban J connectivity index is 4.29. The maximum Gasteiger partial charge on any atom is 0.306 e. The molecular formula is C66H118O6. The fourth-order valence-corrected chi connectivity index (χ4v) is 8.97. The molecule has 0 bridgehead atoms. The first kappa shape index (κ1) is 69.1. The number of carbonyl (C=O) groups excluding carboxylic acids is 3. The van der Waals surface area contributed by atoms with Gasteiger partial charge in [-0.1, -0.05) is 255 Å². The van der Waals surface area contributed by atoms with Crippen LogP contribution in [0.15, 0.2) is 60.8 Å². The summed E-state index contributed by atoms with van der Waals surface area (Å²) in [6.07, 6.45) is 76.5. The fraction of sp³-hybridized carbons (Fsp3) is 0.803. The summed E-state index contributed by atoms with van der Waals surface area (Å²) in [6, 6.07) is 0. The van der Waals surface area contributed by atoms with Gasteiger partial charge in [-0.05, 0) is 109 Å². The van der Waals surface area contributed by atoms with Gasteiger partial charge >= 0.3 is 17.9 Å². The lowest BCUT2D eigenvalue weighted by Gasteiger charge is -2.18. The van der Waals surface area contributed by atoms with Gasteiger partial charge in [0.1, 0.15) is 13.2 Å². The van der Waals surface area contributed by atoms with Crippen LogP contribution in [0.5, 0.6) is 0 Å². The second-order valence-electron chi connectivity index (χ2n) is 21.0. The molecule has 418 valence electrons. The number of unbranched alkanes of at least 4 members (excludes halogenated alkanes) is 36. The van der Waals surface area contributed by atoms with Crippen molar-refractivity contribution in [2.24, 2.45) is 0 Å². The first-order chi connectivity index (χ1) is 35.5. The lowest BCUT2D eigenvalue weighted by molar-refractivity contribution is -0.167. The molecular weight excluding hydrogens is 889 g/mol. The highest BCUT2D eigenvalue weighted by Gasteiger charge is 2.19. The molecule has 0 aromatic rings. The molecule has 0 N–H and O–H groups in total. The summed E-state index contributed by atoms with van der Waals surface area (Å²) >= 11 is 0. The van der Waals surface area contributed by atoms with E-state index in [2.05, 4.69) is 81.5 Å². The van der Waals surface area contributed by atoms with Gasteiger partial charge in [0.05, 0.1) is 0 Å². The van der Waals surface area contributed by atoms with Crippen LogP contribution in [0.25, 0.3) is 0 Å². The smallest absolute Gasteiger partial charge is 0.306 e. The van der Waals surface area contributed by atoms with Crippen molar-refractivity contribution in [3.8, 4) is 0 Å². The number of allylic oxidation sites excluding steroid dienone is 10. The summed E-state index contributed by atoms with van der Waals surface area (Å²) in [6.45, 7) is 6.62. The minimum atomic E-state index is -0.781. The summed E-state index contributed by atoms with van der Waals surface area (Å²) < 4.78 is 16.9. The van der Waals surface area contributed by atoms with Gasteiger partial charge in [0, 0.05) is 19.3 Å². The number of carbonyl (C=O) groups is 3. The Kier molecular flexibility index (Phi) is 58.2. The Morgan fingerprint density at radius 3 is 0.819 bits per heavy atom. The van der Waals surface area contributed by atoms with Gasteiger partial charge in [-0.2, -0.15) is 0 Å². The Morgan fingerprint density at radius 1 is 0.278 bits per heavy atom. The second kappa shape index (κ2) is 60.7. The van der Waals surface area contributed by atoms with E-state index in [-0.39, 0.29) is 31.1 Å². The Labute approximate surface area is 447 Å². The number of hydrogen-bond donors (Lipinski definition) is 0. The summed E-state index contributed by atoms with van der Waals surface area (Å²) in [5, 5.41) is 0. The third kappa shape index (κ3) is 58.0. The zero-order chi connectivity index (χ0) is 52.2. The van der Waals surface area contributed by atoms with Crippen LogP contribution in [0.4, 0.5) is 0 Å². The van der Waals surface area contributed by atoms with E-state index in [0.29, 0.717) is 19.3 Å². The van der Waals surface area contributed by atoms with Crippen molar-refractivity contribution in [1.29, 1.82) is 0 Å². The van der Waals surface area contributed by atoms with E-state index in [1.165, 1.54) is 205 Å². The first-order valence-corrected chi connectivity index (χ1v) is 31.3. The van der Waals surface area contributed by atoms with E-state index in [1.54, 1.807) is 0 Å². The average Bonchev–Trinajstić information content (AvgIpc) is 3.38. The van der Waals surface area contributed by atoms with E-state index in [0.717, 1.165) is 77.0 Å². The van der Waals surface area contributed by atoms with Crippen molar-refractivity contribution >= 4 is 17.9 Å². The van der Waals surface area contributed by atoms with Crippen LogP contribution in [0.1, 0.15) is 323 Å². The lowest BCUT2D eigenvalue weighted by Crippen LogP contribution is -2.30. The topological polar surface area (TPSA) is 78.9 Å². The molecule has 0 saturated carbocycles. The van der Waals surface area contributed by atoms with E-state index in [9.17, 15) is 14.4 Å². The van der Waals surface area contributed by atoms with Gasteiger partial charge in [-0.3, -0.25) is 14.4 Å². The quantitative estimate of drug-likeness (QED) is 0.0261. The highest BCUT2D eigenvalue weighted by atomic mass is 16.6. The summed E-state index contributed by atoms with van der Waals surface area (Å²) in [5.74, 6) is -0.883. The third-order valence-electron chi connectivity index (χ3n) is 13.7. The van der Waals surface area contributed by atoms with Gasteiger partial charge in [0.2, 0.25) is 0 Å². The van der Waals surface area contributed by atoms with Crippen LogP contribution in [0, 0.1) is 0 Å². The van der Waals surface area contributed by atoms with E-state index in [1.807, 2.05) is 0 Å². The highest BCUT2D eigenvalue weighted by Crippen LogP contribution is 2.16. The molecule has 6 nitrogen and oxygen atoms in total. The van der Waals surface area contributed by atoms with Crippen LogP contribution >= 0.6 is 0 Å². The molecule has 1 atom stereocenters. The molecule has 0 saturated heterocycles. The van der Waals surface area contributed by atoms with E-state index >= 15 is 0 Å². The Hall–Kier alpha value is -2.89. The maximum absolute atomic E-state index is 12.9. The molecule has 1 unspecified atom stereocenters. The molecule has 6 heteroatoms. The van der Waals surface area contributed by atoms with Crippen LogP contribution in [0.3, 0.4) is 0 Å². The molecule has 0 aromatic carbocycles. The molecule has 0 aromatic heterocycles. The molecule has 0 radical (unpaired) electrons. The zero-order valence-corrected chi connectivity index (χ0v) is 47.9. The van der Waals surface area contributed by atoms with Crippen molar-refractivity contribution in [2.45, 2.75) is 329 Å². The van der Waals surface area contributed by atoms with Crippen molar-refractivity contribution in [3.63, 3.8) is 0 Å². The summed E-state index contributed by atoms with van der Waals surface area (Å²) in [4.78, 5) is 38.2. The minimum Gasteiger partial charge on any atom is -0.462 e. The van der Waals surface area contributed by atoms with Crippen LogP contribution in [-0.4, -0.2) is 37.2 Å². The molecule has 0 fully saturated rings. The molecule has 72 heavy (non-hydrogen) atoms. The van der Waals surface area contributed by atoms with Crippen molar-refractivity contribution in [3.05, 3.63) is 60.8 Å². The molecule has 0 aliphatic carbocycles. The largest absolute Gasteiger partial charge is 0.462 e. The van der Waals surface area contributed by atoms with Crippen molar-refractivity contribution in [2.75, 3.05) is 13.2 Å². The molecule has 0 aliphatic heterocycles. The summed E-state index contributed by atoms with van der Waals surface area (Å²) in [7, 11) is 0. The van der Waals surface area contributed by atoms with Gasteiger partial charge in [0.15, 0.2) is 6.10 Å². The molecule has 0 amide bonds. The minimum absolute atomic E-state index is 0.0792. The van der Waals surface area contributed by atoms with E-state index in [4.69, 9.17) is 14.2 Å². The van der Waals surface area contributed by atoms with Gasteiger partial charge in [-0.15, -0.1) is 0 Å². The van der Waals surface area contributed by atoms with Crippen LogP contribution < -0.4 is 0 Å².